The zero-order valence-electron chi connectivity index (χ0n) is 21.0. The van der Waals surface area contributed by atoms with E-state index >= 15 is 0 Å². The molecule has 0 radical (unpaired) electrons. The second-order valence-electron chi connectivity index (χ2n) is 10.9. The van der Waals surface area contributed by atoms with Crippen LogP contribution in [-0.2, 0) is 13.6 Å². The zero-order valence-corrected chi connectivity index (χ0v) is 21.0. The summed E-state index contributed by atoms with van der Waals surface area (Å²) in [6, 6.07) is 17.7. The smallest absolute Gasteiger partial charge is 0.159 e. The van der Waals surface area contributed by atoms with Crippen LogP contribution in [0, 0.1) is 11.8 Å². The summed E-state index contributed by atoms with van der Waals surface area (Å²) in [5, 5.41) is 3.68. The molecule has 1 aliphatic carbocycles. The maximum Gasteiger partial charge on any atom is 0.159 e. The van der Waals surface area contributed by atoms with Crippen molar-refractivity contribution in [2.45, 2.75) is 38.3 Å². The lowest BCUT2D eigenvalue weighted by Crippen LogP contribution is -2.45. The molecule has 2 aromatic heterocycles. The number of rotatable bonds is 6. The lowest BCUT2D eigenvalue weighted by atomic mass is 9.92. The van der Waals surface area contributed by atoms with Crippen molar-refractivity contribution < 1.29 is 0 Å². The molecule has 2 aromatic carbocycles. The second-order valence-corrected chi connectivity index (χ2v) is 10.9. The average molecular weight is 479 g/mol. The van der Waals surface area contributed by atoms with Gasteiger partial charge in [0.1, 0.15) is 11.5 Å². The van der Waals surface area contributed by atoms with Gasteiger partial charge < -0.3 is 19.4 Å². The van der Waals surface area contributed by atoms with Gasteiger partial charge in [-0.2, -0.15) is 0 Å². The van der Waals surface area contributed by atoms with Crippen LogP contribution in [0.1, 0.15) is 31.2 Å². The Balaban J connectivity index is 1.23. The van der Waals surface area contributed by atoms with Crippen LogP contribution in [0.3, 0.4) is 0 Å². The third-order valence-electron chi connectivity index (χ3n) is 8.53. The van der Waals surface area contributed by atoms with Crippen molar-refractivity contribution in [1.29, 1.82) is 0 Å². The standard InChI is InChI=1S/C30H34N6/c1-20(35-15-13-22-12-14-31-26(22)19-35)24-10-11-27-25(16-24)33-30(34(27)2)28-17-32-29(23-6-4-3-5-7-23)36(28)18-21-8-9-21/h3-7,10-11,16-17,21-22,26,31H,1,8-9,12-15,18-19H2,2H3. The van der Waals surface area contributed by atoms with Crippen LogP contribution in [-0.4, -0.2) is 49.7 Å². The Bertz CT molecular complexity index is 1430. The first-order valence-electron chi connectivity index (χ1n) is 13.4. The van der Waals surface area contributed by atoms with Crippen LogP contribution in [0.4, 0.5) is 0 Å². The molecule has 6 nitrogen and oxygen atoms in total. The summed E-state index contributed by atoms with van der Waals surface area (Å²) in [7, 11) is 2.12. The maximum atomic E-state index is 5.15. The molecule has 0 amide bonds. The van der Waals surface area contributed by atoms with Crippen LogP contribution in [0.2, 0.25) is 0 Å². The molecule has 3 aliphatic rings. The number of piperidine rings is 1. The molecule has 2 saturated heterocycles. The number of benzene rings is 2. The Kier molecular flexibility index (Phi) is 5.24. The van der Waals surface area contributed by atoms with Gasteiger partial charge in [0, 0.05) is 44.0 Å². The summed E-state index contributed by atoms with van der Waals surface area (Å²) < 4.78 is 4.60. The first-order valence-corrected chi connectivity index (χ1v) is 13.4. The third kappa shape index (κ3) is 3.75. The normalized spacial score (nSPS) is 21.8. The monoisotopic (exact) mass is 478 g/mol. The van der Waals surface area contributed by atoms with Crippen molar-refractivity contribution in [3.05, 3.63) is 66.9 Å². The Morgan fingerprint density at radius 2 is 1.92 bits per heavy atom. The molecule has 1 N–H and O–H groups in total. The number of nitrogens with one attached hydrogen (secondary N) is 1. The fraction of sp³-hybridized carbons (Fsp3) is 0.400. The highest BCUT2D eigenvalue weighted by molar-refractivity contribution is 5.84. The molecule has 2 atom stereocenters. The van der Waals surface area contributed by atoms with E-state index in [1.807, 2.05) is 6.20 Å². The van der Waals surface area contributed by atoms with Crippen LogP contribution < -0.4 is 5.32 Å². The zero-order chi connectivity index (χ0) is 24.2. The lowest BCUT2D eigenvalue weighted by molar-refractivity contribution is 0.231. The fourth-order valence-corrected chi connectivity index (χ4v) is 6.18. The SMILES string of the molecule is C=C(c1ccc2c(c1)nc(-c1cnc(-c3ccccc3)n1CC1CC1)n2C)N1CCC2CCNC2C1. The average Bonchev–Trinajstić information content (AvgIpc) is 3.30. The highest BCUT2D eigenvalue weighted by Gasteiger charge is 2.33. The predicted molar refractivity (Wildman–Crippen MR) is 145 cm³/mol. The Labute approximate surface area is 212 Å². The number of likely N-dealkylation sites (tertiary alicyclic amines) is 1. The topological polar surface area (TPSA) is 50.9 Å². The summed E-state index contributed by atoms with van der Waals surface area (Å²) in [4.78, 5) is 12.5. The third-order valence-corrected chi connectivity index (χ3v) is 8.53. The van der Waals surface area contributed by atoms with E-state index in [1.54, 1.807) is 0 Å². The van der Waals surface area contributed by atoms with Crippen molar-refractivity contribution in [2.75, 3.05) is 19.6 Å². The molecule has 4 heterocycles. The largest absolute Gasteiger partial charge is 0.370 e. The molecular formula is C30H34N6. The minimum Gasteiger partial charge on any atom is -0.370 e. The summed E-state index contributed by atoms with van der Waals surface area (Å²) in [6.07, 6.45) is 7.17. The van der Waals surface area contributed by atoms with Gasteiger partial charge in [-0.05, 0) is 61.8 Å². The highest BCUT2D eigenvalue weighted by atomic mass is 15.2. The summed E-state index contributed by atoms with van der Waals surface area (Å²) in [6.45, 7) is 8.79. The molecule has 184 valence electrons. The molecule has 4 aromatic rings. The van der Waals surface area contributed by atoms with E-state index in [2.05, 4.69) is 81.5 Å². The number of hydrogen-bond donors (Lipinski definition) is 1. The predicted octanol–water partition coefficient (Wildman–Crippen LogP) is 5.17. The Hall–Kier alpha value is -3.38. The fourth-order valence-electron chi connectivity index (χ4n) is 6.18. The van der Waals surface area contributed by atoms with Gasteiger partial charge in [0.2, 0.25) is 0 Å². The number of imidazole rings is 2. The number of hydrogen-bond acceptors (Lipinski definition) is 4. The molecule has 1 saturated carbocycles. The van der Waals surface area contributed by atoms with Crippen molar-refractivity contribution in [3.8, 4) is 22.9 Å². The molecule has 36 heavy (non-hydrogen) atoms. The number of fused-ring (bicyclic) bond motifs is 2. The Morgan fingerprint density at radius 3 is 2.75 bits per heavy atom. The van der Waals surface area contributed by atoms with E-state index in [1.165, 1.54) is 31.2 Å². The van der Waals surface area contributed by atoms with Crippen LogP contribution in [0.15, 0.2) is 61.3 Å². The van der Waals surface area contributed by atoms with Crippen LogP contribution in [0.25, 0.3) is 39.6 Å². The number of nitrogens with zero attached hydrogens (tertiary/aromatic N) is 5. The van der Waals surface area contributed by atoms with E-state index in [0.29, 0.717) is 6.04 Å². The summed E-state index contributed by atoms with van der Waals surface area (Å²) >= 11 is 0. The van der Waals surface area contributed by atoms with Gasteiger partial charge in [-0.1, -0.05) is 43.0 Å². The minimum atomic E-state index is 0.603. The minimum absolute atomic E-state index is 0.603. The molecule has 0 spiro atoms. The van der Waals surface area contributed by atoms with Crippen molar-refractivity contribution >= 4 is 16.7 Å². The van der Waals surface area contributed by atoms with Gasteiger partial charge in [-0.25, -0.2) is 9.97 Å². The first kappa shape index (κ1) is 21.9. The van der Waals surface area contributed by atoms with Gasteiger partial charge in [-0.15, -0.1) is 0 Å². The molecule has 6 heteroatoms. The lowest BCUT2D eigenvalue weighted by Gasteiger charge is -2.37. The van der Waals surface area contributed by atoms with E-state index in [-0.39, 0.29) is 0 Å². The van der Waals surface area contributed by atoms with Gasteiger partial charge in [0.25, 0.3) is 0 Å². The number of aromatic nitrogens is 4. The van der Waals surface area contributed by atoms with Gasteiger partial charge >= 0.3 is 0 Å². The van der Waals surface area contributed by atoms with E-state index in [9.17, 15) is 0 Å². The van der Waals surface area contributed by atoms with Crippen molar-refractivity contribution in [1.82, 2.24) is 29.3 Å². The van der Waals surface area contributed by atoms with Gasteiger partial charge in [0.15, 0.2) is 5.82 Å². The van der Waals surface area contributed by atoms with Gasteiger partial charge in [0.05, 0.1) is 17.2 Å². The summed E-state index contributed by atoms with van der Waals surface area (Å²) in [5.41, 5.74) is 6.68. The highest BCUT2D eigenvalue weighted by Crippen LogP contribution is 2.36. The Morgan fingerprint density at radius 1 is 1.06 bits per heavy atom. The quantitative estimate of drug-likeness (QED) is 0.416. The van der Waals surface area contributed by atoms with E-state index in [4.69, 9.17) is 9.97 Å². The molecule has 2 aliphatic heterocycles. The first-order chi connectivity index (χ1) is 17.7. The van der Waals surface area contributed by atoms with Crippen LogP contribution >= 0.6 is 0 Å². The number of aryl methyl sites for hydroxylation is 1. The second kappa shape index (κ2) is 8.63. The molecule has 2 unspecified atom stereocenters. The van der Waals surface area contributed by atoms with Gasteiger partial charge in [-0.3, -0.25) is 0 Å². The van der Waals surface area contributed by atoms with Crippen molar-refractivity contribution in [2.24, 2.45) is 18.9 Å². The van der Waals surface area contributed by atoms with E-state index in [0.717, 1.165) is 77.7 Å². The molecule has 7 rings (SSSR count). The van der Waals surface area contributed by atoms with E-state index < -0.39 is 0 Å². The molecule has 0 bridgehead atoms. The molecule has 3 fully saturated rings. The summed E-state index contributed by atoms with van der Waals surface area (Å²) in [5.74, 6) is 3.57. The maximum absolute atomic E-state index is 5.15. The van der Waals surface area contributed by atoms with Crippen molar-refractivity contribution in [3.63, 3.8) is 0 Å². The molecular weight excluding hydrogens is 444 g/mol. The van der Waals surface area contributed by atoms with Crippen LogP contribution in [0.5, 0.6) is 0 Å².